The lowest BCUT2D eigenvalue weighted by Crippen LogP contribution is -2.48. The summed E-state index contributed by atoms with van der Waals surface area (Å²) in [4.78, 5) is 23.4. The van der Waals surface area contributed by atoms with E-state index in [9.17, 15) is 9.59 Å². The highest BCUT2D eigenvalue weighted by atomic mass is 35.5. The predicted octanol–water partition coefficient (Wildman–Crippen LogP) is 1.84. The van der Waals surface area contributed by atoms with Crippen LogP contribution in [0.4, 0.5) is 0 Å². The Kier molecular flexibility index (Phi) is 5.81. The normalized spacial score (nSPS) is 10.6. The molecular weight excluding hydrogens is 260 g/mol. The number of carbonyl (C=O) groups is 2. The Morgan fingerprint density at radius 3 is 2.47 bits per heavy atom. The first kappa shape index (κ1) is 16.1. The molecule has 0 aliphatic rings. The van der Waals surface area contributed by atoms with Crippen molar-refractivity contribution in [2.45, 2.75) is 26.3 Å². The highest BCUT2D eigenvalue weighted by Crippen LogP contribution is 2.16. The van der Waals surface area contributed by atoms with Crippen LogP contribution in [0, 0.1) is 0 Å². The molecule has 3 N–H and O–H groups in total. The number of thiophene rings is 1. The Morgan fingerprint density at radius 1 is 1.47 bits per heavy atom. The number of nitrogens with one attached hydrogen (secondary N) is 1. The van der Waals surface area contributed by atoms with Gasteiger partial charge in [0.05, 0.1) is 4.88 Å². The van der Waals surface area contributed by atoms with Gasteiger partial charge in [-0.2, -0.15) is 0 Å². The van der Waals surface area contributed by atoms with Crippen LogP contribution < -0.4 is 11.1 Å². The monoisotopic (exact) mass is 276 g/mol. The van der Waals surface area contributed by atoms with Crippen LogP contribution in [0.25, 0.3) is 0 Å². The molecule has 1 amide bonds. The van der Waals surface area contributed by atoms with Gasteiger partial charge in [0, 0.05) is 23.0 Å². The lowest BCUT2D eigenvalue weighted by molar-refractivity contribution is 0.0920. The van der Waals surface area contributed by atoms with Gasteiger partial charge in [0.2, 0.25) is 0 Å². The van der Waals surface area contributed by atoms with Crippen LogP contribution in [0.15, 0.2) is 11.4 Å². The van der Waals surface area contributed by atoms with E-state index in [1.165, 1.54) is 18.3 Å². The molecule has 0 unspecified atom stereocenters. The Labute approximate surface area is 111 Å². The zero-order valence-corrected chi connectivity index (χ0v) is 11.7. The fourth-order valence-corrected chi connectivity index (χ4v) is 1.90. The molecule has 0 bridgehead atoms. The van der Waals surface area contributed by atoms with E-state index in [1.54, 1.807) is 11.4 Å². The summed E-state index contributed by atoms with van der Waals surface area (Å²) in [6.45, 7) is 5.55. The largest absolute Gasteiger partial charge is 0.345 e. The molecule has 0 aliphatic heterocycles. The van der Waals surface area contributed by atoms with Gasteiger partial charge in [-0.1, -0.05) is 0 Å². The molecule has 0 aliphatic carbocycles. The first-order chi connectivity index (χ1) is 7.35. The van der Waals surface area contributed by atoms with E-state index in [0.717, 1.165) is 0 Å². The minimum atomic E-state index is -0.433. The number of amides is 1. The van der Waals surface area contributed by atoms with Crippen molar-refractivity contribution in [3.05, 3.63) is 21.9 Å². The third-order valence-corrected chi connectivity index (χ3v) is 3.12. The molecule has 1 aromatic heterocycles. The smallest absolute Gasteiger partial charge is 0.261 e. The van der Waals surface area contributed by atoms with E-state index in [-0.39, 0.29) is 24.1 Å². The Morgan fingerprint density at radius 2 is 2.06 bits per heavy atom. The summed E-state index contributed by atoms with van der Waals surface area (Å²) in [7, 11) is 0. The highest BCUT2D eigenvalue weighted by Gasteiger charge is 2.20. The average Bonchev–Trinajstić information content (AvgIpc) is 2.66. The fraction of sp³-hybridized carbons (Fsp3) is 0.455. The summed E-state index contributed by atoms with van der Waals surface area (Å²) in [6.07, 6.45) is 0. The molecule has 0 atom stereocenters. The van der Waals surface area contributed by atoms with Gasteiger partial charge in [-0.05, 0) is 26.8 Å². The number of Topliss-reactive ketones (excluding diaryl/α,β-unsaturated/α-hetero) is 1. The summed E-state index contributed by atoms with van der Waals surface area (Å²) in [5.41, 5.74) is 5.66. The molecule has 6 heteroatoms. The van der Waals surface area contributed by atoms with Crippen LogP contribution in [0.1, 0.15) is 40.8 Å². The first-order valence-electron chi connectivity index (χ1n) is 4.98. The number of hydrogen-bond donors (Lipinski definition) is 2. The molecule has 0 spiro atoms. The lowest BCUT2D eigenvalue weighted by atomic mass is 10.1. The molecule has 0 saturated heterocycles. The zero-order chi connectivity index (χ0) is 12.3. The van der Waals surface area contributed by atoms with E-state index in [0.29, 0.717) is 17.0 Å². The standard InChI is InChI=1S/C11H16N2O2S.ClH/c1-7(14)8-4-9(16-5-8)10(15)13-11(2,3)6-12;/h4-5H,6,12H2,1-3H3,(H,13,15);1H. The van der Waals surface area contributed by atoms with E-state index in [4.69, 9.17) is 5.73 Å². The van der Waals surface area contributed by atoms with Crippen molar-refractivity contribution in [2.75, 3.05) is 6.54 Å². The second-order valence-corrected chi connectivity index (χ2v) is 5.21. The summed E-state index contributed by atoms with van der Waals surface area (Å²) in [5, 5.41) is 4.50. The van der Waals surface area contributed by atoms with Crippen molar-refractivity contribution in [3.8, 4) is 0 Å². The second kappa shape index (κ2) is 6.14. The molecule has 0 radical (unpaired) electrons. The number of hydrogen-bond acceptors (Lipinski definition) is 4. The van der Waals surface area contributed by atoms with Gasteiger partial charge in [0.1, 0.15) is 0 Å². The van der Waals surface area contributed by atoms with E-state index >= 15 is 0 Å². The van der Waals surface area contributed by atoms with Gasteiger partial charge in [0.15, 0.2) is 5.78 Å². The minimum absolute atomic E-state index is 0. The molecule has 0 saturated carbocycles. The maximum absolute atomic E-state index is 11.8. The van der Waals surface area contributed by atoms with Crippen molar-refractivity contribution in [1.82, 2.24) is 5.32 Å². The van der Waals surface area contributed by atoms with Crippen LogP contribution in [0.3, 0.4) is 0 Å². The number of nitrogens with two attached hydrogens (primary N) is 1. The van der Waals surface area contributed by atoms with E-state index in [2.05, 4.69) is 5.32 Å². The van der Waals surface area contributed by atoms with Crippen molar-refractivity contribution in [1.29, 1.82) is 0 Å². The summed E-state index contributed by atoms with van der Waals surface area (Å²) in [6, 6.07) is 1.61. The van der Waals surface area contributed by atoms with Crippen molar-refractivity contribution < 1.29 is 9.59 Å². The average molecular weight is 277 g/mol. The van der Waals surface area contributed by atoms with Crippen LogP contribution in [-0.2, 0) is 0 Å². The molecule has 0 fully saturated rings. The van der Waals surface area contributed by atoms with E-state index in [1.807, 2.05) is 13.8 Å². The molecule has 1 rings (SSSR count). The highest BCUT2D eigenvalue weighted by molar-refractivity contribution is 7.12. The molecular formula is C11H17ClN2O2S. The van der Waals surface area contributed by atoms with Crippen molar-refractivity contribution in [3.63, 3.8) is 0 Å². The number of rotatable bonds is 4. The SMILES string of the molecule is CC(=O)c1csc(C(=O)NC(C)(C)CN)c1.Cl. The zero-order valence-electron chi connectivity index (χ0n) is 10.1. The predicted molar refractivity (Wildman–Crippen MR) is 72.2 cm³/mol. The van der Waals surface area contributed by atoms with Crippen LogP contribution in [0.2, 0.25) is 0 Å². The van der Waals surface area contributed by atoms with Gasteiger partial charge in [-0.3, -0.25) is 9.59 Å². The minimum Gasteiger partial charge on any atom is -0.345 e. The topological polar surface area (TPSA) is 72.2 Å². The quantitative estimate of drug-likeness (QED) is 0.824. The van der Waals surface area contributed by atoms with Crippen LogP contribution in [-0.4, -0.2) is 23.8 Å². The lowest BCUT2D eigenvalue weighted by Gasteiger charge is -2.23. The number of halogens is 1. The summed E-state index contributed by atoms with van der Waals surface area (Å²) < 4.78 is 0. The molecule has 0 aromatic carbocycles. The Hall–Kier alpha value is -0.910. The molecule has 1 aromatic rings. The summed E-state index contributed by atoms with van der Waals surface area (Å²) >= 11 is 1.26. The molecule has 96 valence electrons. The summed E-state index contributed by atoms with van der Waals surface area (Å²) in [5.74, 6) is -0.221. The van der Waals surface area contributed by atoms with Gasteiger partial charge >= 0.3 is 0 Å². The molecule has 1 heterocycles. The van der Waals surface area contributed by atoms with Crippen LogP contribution in [0.5, 0.6) is 0 Å². The van der Waals surface area contributed by atoms with Crippen molar-refractivity contribution >= 4 is 35.4 Å². The number of carbonyl (C=O) groups excluding carboxylic acids is 2. The van der Waals surface area contributed by atoms with Gasteiger partial charge in [0.25, 0.3) is 5.91 Å². The van der Waals surface area contributed by atoms with Gasteiger partial charge < -0.3 is 11.1 Å². The molecule has 17 heavy (non-hydrogen) atoms. The Balaban J connectivity index is 0.00000256. The second-order valence-electron chi connectivity index (χ2n) is 4.30. The van der Waals surface area contributed by atoms with Crippen LogP contribution >= 0.6 is 23.7 Å². The maximum atomic E-state index is 11.8. The van der Waals surface area contributed by atoms with Gasteiger partial charge in [-0.15, -0.1) is 23.7 Å². The Bertz CT molecular complexity index is 415. The maximum Gasteiger partial charge on any atom is 0.261 e. The van der Waals surface area contributed by atoms with E-state index < -0.39 is 5.54 Å². The third kappa shape index (κ3) is 4.46. The first-order valence-corrected chi connectivity index (χ1v) is 5.86. The fourth-order valence-electron chi connectivity index (χ4n) is 1.06. The van der Waals surface area contributed by atoms with Crippen molar-refractivity contribution in [2.24, 2.45) is 5.73 Å². The third-order valence-electron chi connectivity index (χ3n) is 2.19. The molecule has 4 nitrogen and oxygen atoms in total. The number of ketones is 1. The van der Waals surface area contributed by atoms with Gasteiger partial charge in [-0.25, -0.2) is 0 Å².